The highest BCUT2D eigenvalue weighted by Gasteiger charge is 2.30. The van der Waals surface area contributed by atoms with Crippen LogP contribution in [0.1, 0.15) is 38.2 Å². The van der Waals surface area contributed by atoms with Gasteiger partial charge in [-0.25, -0.2) is 4.79 Å². The molecule has 1 rings (SSSR count). The number of hydrogen-bond donors (Lipinski definition) is 8. The van der Waals surface area contributed by atoms with E-state index >= 15 is 0 Å². The first-order valence-electron chi connectivity index (χ1n) is 11.7. The average Bonchev–Trinajstić information content (AvgIpc) is 2.82. The van der Waals surface area contributed by atoms with Gasteiger partial charge in [0.1, 0.15) is 18.1 Å². The van der Waals surface area contributed by atoms with E-state index in [1.54, 1.807) is 30.3 Å². The Kier molecular flexibility index (Phi) is 13.1. The number of amides is 4. The summed E-state index contributed by atoms with van der Waals surface area (Å²) in [7, 11) is 0. The van der Waals surface area contributed by atoms with Crippen LogP contribution in [-0.2, 0) is 30.4 Å². The number of aliphatic imine (C=N–C) groups is 1. The van der Waals surface area contributed by atoms with Gasteiger partial charge in [-0.05, 0) is 31.7 Å². The van der Waals surface area contributed by atoms with Crippen molar-refractivity contribution in [3.63, 3.8) is 0 Å². The summed E-state index contributed by atoms with van der Waals surface area (Å²) in [6.07, 6.45) is -0.0263. The number of aliphatic carboxylic acids is 1. The van der Waals surface area contributed by atoms with Crippen molar-refractivity contribution in [1.29, 1.82) is 0 Å². The van der Waals surface area contributed by atoms with Crippen LogP contribution < -0.4 is 38.9 Å². The maximum Gasteiger partial charge on any atom is 0.326 e. The minimum Gasteiger partial charge on any atom is -0.480 e. The highest BCUT2D eigenvalue weighted by Crippen LogP contribution is 2.07. The second-order valence-corrected chi connectivity index (χ2v) is 8.45. The molecule has 0 bridgehead atoms. The van der Waals surface area contributed by atoms with Crippen molar-refractivity contribution in [3.8, 4) is 0 Å². The Hall–Kier alpha value is -4.20. The summed E-state index contributed by atoms with van der Waals surface area (Å²) in [5.41, 5.74) is 22.1. The summed E-state index contributed by atoms with van der Waals surface area (Å²) >= 11 is 0. The monoisotopic (exact) mass is 520 g/mol. The maximum absolute atomic E-state index is 13.0. The number of hydrogen-bond acceptors (Lipinski definition) is 7. The Bertz CT molecular complexity index is 965. The van der Waals surface area contributed by atoms with E-state index in [0.29, 0.717) is 12.0 Å². The highest BCUT2D eigenvalue weighted by molar-refractivity contribution is 5.94. The molecule has 1 aromatic carbocycles. The molecule has 0 aliphatic carbocycles. The number of carboxylic acid groups (broad SMARTS) is 1. The zero-order valence-electron chi connectivity index (χ0n) is 20.7. The van der Waals surface area contributed by atoms with Crippen molar-refractivity contribution in [3.05, 3.63) is 35.9 Å². The molecule has 0 radical (unpaired) electrons. The number of carboxylic acids is 1. The summed E-state index contributed by atoms with van der Waals surface area (Å²) in [6.45, 7) is 1.62. The fraction of sp³-hybridized carbons (Fsp3) is 0.478. The zero-order valence-corrected chi connectivity index (χ0v) is 20.7. The summed E-state index contributed by atoms with van der Waals surface area (Å²) in [6, 6.07) is 4.05. The van der Waals surface area contributed by atoms with Crippen LogP contribution in [0.15, 0.2) is 35.3 Å². The lowest BCUT2D eigenvalue weighted by Gasteiger charge is -2.25. The average molecular weight is 521 g/mol. The fourth-order valence-corrected chi connectivity index (χ4v) is 3.23. The van der Waals surface area contributed by atoms with Gasteiger partial charge >= 0.3 is 5.97 Å². The van der Waals surface area contributed by atoms with Crippen molar-refractivity contribution < 1.29 is 29.1 Å². The summed E-state index contributed by atoms with van der Waals surface area (Å²) < 4.78 is 0. The van der Waals surface area contributed by atoms with Gasteiger partial charge in [-0.15, -0.1) is 0 Å². The van der Waals surface area contributed by atoms with Gasteiger partial charge in [0.25, 0.3) is 0 Å². The third-order valence-corrected chi connectivity index (χ3v) is 5.20. The third-order valence-electron chi connectivity index (χ3n) is 5.20. The quantitative estimate of drug-likeness (QED) is 0.0646. The Labute approximate surface area is 214 Å². The predicted octanol–water partition coefficient (Wildman–Crippen LogP) is -2.57. The van der Waals surface area contributed by atoms with Crippen molar-refractivity contribution in [1.82, 2.24) is 16.0 Å². The summed E-state index contributed by atoms with van der Waals surface area (Å²) in [5, 5.41) is 17.0. The molecule has 0 aliphatic rings. The number of benzene rings is 1. The van der Waals surface area contributed by atoms with E-state index in [0.717, 1.165) is 0 Å². The van der Waals surface area contributed by atoms with Crippen LogP contribution in [0, 0.1) is 0 Å². The van der Waals surface area contributed by atoms with E-state index in [1.165, 1.54) is 6.92 Å². The molecule has 0 spiro atoms. The van der Waals surface area contributed by atoms with E-state index in [2.05, 4.69) is 20.9 Å². The highest BCUT2D eigenvalue weighted by atomic mass is 16.4. The molecule has 37 heavy (non-hydrogen) atoms. The normalized spacial score (nSPS) is 13.8. The van der Waals surface area contributed by atoms with Crippen molar-refractivity contribution in [2.75, 3.05) is 6.54 Å². The van der Waals surface area contributed by atoms with E-state index < -0.39 is 53.8 Å². The van der Waals surface area contributed by atoms with Gasteiger partial charge in [0, 0.05) is 19.4 Å². The van der Waals surface area contributed by atoms with Crippen LogP contribution in [0.4, 0.5) is 0 Å². The molecule has 4 amide bonds. The minimum absolute atomic E-state index is 0.00371. The Morgan fingerprint density at radius 1 is 0.865 bits per heavy atom. The standard InChI is InChI=1S/C23H36N8O6/c1-13(24)19(33)29-15(8-5-11-28-23(26)27)20(34)30-16(9-10-18(25)32)21(35)31-17(22(36)37)12-14-6-3-2-4-7-14/h2-4,6-7,13,15-17H,5,8-12,24H2,1H3,(H2,25,32)(H,29,33)(H,30,34)(H,31,35)(H,36,37)(H4,26,27,28). The number of primary amides is 1. The Balaban J connectivity index is 3.02. The maximum atomic E-state index is 13.0. The summed E-state index contributed by atoms with van der Waals surface area (Å²) in [5.74, 6) is -4.29. The number of nitrogens with one attached hydrogen (secondary N) is 3. The van der Waals surface area contributed by atoms with Crippen molar-refractivity contribution in [2.24, 2.45) is 27.9 Å². The second-order valence-electron chi connectivity index (χ2n) is 8.45. The number of carbonyl (C=O) groups excluding carboxylic acids is 4. The topological polar surface area (TPSA) is 258 Å². The Morgan fingerprint density at radius 2 is 1.41 bits per heavy atom. The van der Waals surface area contributed by atoms with Crippen LogP contribution in [0.25, 0.3) is 0 Å². The third kappa shape index (κ3) is 12.4. The lowest BCUT2D eigenvalue weighted by atomic mass is 10.0. The van der Waals surface area contributed by atoms with Gasteiger partial charge < -0.3 is 44.0 Å². The number of nitrogens with two attached hydrogens (primary N) is 4. The van der Waals surface area contributed by atoms with Gasteiger partial charge in [0.2, 0.25) is 23.6 Å². The first-order valence-corrected chi connectivity index (χ1v) is 11.7. The van der Waals surface area contributed by atoms with Crippen LogP contribution in [-0.4, -0.2) is 71.4 Å². The molecule has 4 atom stereocenters. The van der Waals surface area contributed by atoms with Crippen LogP contribution in [0.2, 0.25) is 0 Å². The lowest BCUT2D eigenvalue weighted by molar-refractivity contribution is -0.142. The van der Waals surface area contributed by atoms with Gasteiger partial charge in [0.05, 0.1) is 6.04 Å². The number of rotatable bonds is 16. The van der Waals surface area contributed by atoms with Crippen molar-refractivity contribution >= 4 is 35.6 Å². The molecule has 14 heteroatoms. The lowest BCUT2D eigenvalue weighted by Crippen LogP contribution is -2.57. The SMILES string of the molecule is CC(N)C(=O)NC(CCCN=C(N)N)C(=O)NC(CCC(N)=O)C(=O)NC(Cc1ccccc1)C(=O)O. The molecule has 0 aromatic heterocycles. The first-order chi connectivity index (χ1) is 17.4. The smallest absolute Gasteiger partial charge is 0.326 e. The minimum atomic E-state index is -1.30. The molecule has 14 nitrogen and oxygen atoms in total. The number of nitrogens with zero attached hydrogens (tertiary/aromatic N) is 1. The molecular formula is C23H36N8O6. The first kappa shape index (κ1) is 30.8. The van der Waals surface area contributed by atoms with E-state index in [9.17, 15) is 29.1 Å². The number of guanidine groups is 1. The fourth-order valence-electron chi connectivity index (χ4n) is 3.23. The molecular weight excluding hydrogens is 484 g/mol. The molecule has 0 fully saturated rings. The molecule has 4 unspecified atom stereocenters. The predicted molar refractivity (Wildman–Crippen MR) is 136 cm³/mol. The zero-order chi connectivity index (χ0) is 28.0. The van der Waals surface area contributed by atoms with E-state index in [1.807, 2.05) is 0 Å². The van der Waals surface area contributed by atoms with Gasteiger partial charge in [-0.2, -0.15) is 0 Å². The molecule has 0 saturated carbocycles. The molecule has 204 valence electrons. The van der Waals surface area contributed by atoms with Crippen LogP contribution >= 0.6 is 0 Å². The van der Waals surface area contributed by atoms with Crippen LogP contribution in [0.5, 0.6) is 0 Å². The molecule has 0 heterocycles. The second kappa shape index (κ2) is 15.7. The van der Waals surface area contributed by atoms with E-state index in [-0.39, 0.29) is 38.2 Å². The van der Waals surface area contributed by atoms with Crippen molar-refractivity contribution in [2.45, 2.75) is 63.2 Å². The molecule has 12 N–H and O–H groups in total. The molecule has 0 saturated heterocycles. The molecule has 0 aliphatic heterocycles. The summed E-state index contributed by atoms with van der Waals surface area (Å²) in [4.78, 5) is 65.1. The molecule has 1 aromatic rings. The largest absolute Gasteiger partial charge is 0.480 e. The van der Waals surface area contributed by atoms with Crippen LogP contribution in [0.3, 0.4) is 0 Å². The van der Waals surface area contributed by atoms with Gasteiger partial charge in [-0.1, -0.05) is 30.3 Å². The van der Waals surface area contributed by atoms with Gasteiger partial charge in [-0.3, -0.25) is 24.2 Å². The van der Waals surface area contributed by atoms with E-state index in [4.69, 9.17) is 22.9 Å². The number of carbonyl (C=O) groups is 5. The van der Waals surface area contributed by atoms with Gasteiger partial charge in [0.15, 0.2) is 5.96 Å². The Morgan fingerprint density at radius 3 is 1.92 bits per heavy atom.